The first kappa shape index (κ1) is 15.4. The first-order valence-electron chi connectivity index (χ1n) is 5.83. The summed E-state index contributed by atoms with van der Waals surface area (Å²) in [5, 5.41) is 12.5. The van der Waals surface area contributed by atoms with Crippen LogP contribution >= 0.6 is 11.6 Å². The van der Waals surface area contributed by atoms with Gasteiger partial charge in [0.15, 0.2) is 0 Å². The van der Waals surface area contributed by atoms with Gasteiger partial charge in [-0.15, -0.1) is 0 Å². The Kier molecular flexibility index (Phi) is 4.21. The van der Waals surface area contributed by atoms with Crippen molar-refractivity contribution in [2.24, 2.45) is 0 Å². The number of aromatic amines is 1. The molecule has 0 amide bonds. The quantitative estimate of drug-likeness (QED) is 0.904. The maximum Gasteiger partial charge on any atom is 0.408 e. The minimum Gasteiger partial charge on any atom is -0.378 e. The lowest BCUT2D eigenvalue weighted by Crippen LogP contribution is -2.30. The lowest BCUT2D eigenvalue weighted by Gasteiger charge is -2.11. The minimum absolute atomic E-state index is 0.167. The van der Waals surface area contributed by atoms with Crippen molar-refractivity contribution in [2.45, 2.75) is 26.2 Å². The molecule has 6 nitrogen and oxygen atoms in total. The Balaban J connectivity index is 2.17. The van der Waals surface area contributed by atoms with Crippen LogP contribution in [0, 0.1) is 6.92 Å². The van der Waals surface area contributed by atoms with Crippen molar-refractivity contribution in [1.82, 2.24) is 20.0 Å². The van der Waals surface area contributed by atoms with Crippen LogP contribution in [-0.4, -0.2) is 26.2 Å². The zero-order valence-electron chi connectivity index (χ0n) is 10.8. The molecule has 2 aromatic heterocycles. The molecule has 0 spiro atoms. The van der Waals surface area contributed by atoms with Gasteiger partial charge in [-0.2, -0.15) is 23.4 Å². The van der Waals surface area contributed by atoms with Gasteiger partial charge in [0.25, 0.3) is 5.56 Å². The van der Waals surface area contributed by atoms with E-state index in [1.807, 2.05) is 6.92 Å². The van der Waals surface area contributed by atoms with Crippen molar-refractivity contribution < 1.29 is 13.2 Å². The monoisotopic (exact) mass is 321 g/mol. The third-order valence-corrected chi connectivity index (χ3v) is 3.08. The standard InChI is InChI=1S/C11H11ClF3N5O/c1-6-7(3-17-19-6)2-16-8-4-18-20(5-11(13,14)15)10(21)9(8)12/h3-4,16H,2,5H2,1H3,(H,17,19). The summed E-state index contributed by atoms with van der Waals surface area (Å²) < 4.78 is 37.1. The van der Waals surface area contributed by atoms with Crippen LogP contribution in [0.4, 0.5) is 18.9 Å². The molecule has 0 atom stereocenters. The van der Waals surface area contributed by atoms with Gasteiger partial charge in [-0.25, -0.2) is 4.68 Å². The largest absolute Gasteiger partial charge is 0.408 e. The molecular formula is C11H11ClF3N5O. The van der Waals surface area contributed by atoms with E-state index in [1.54, 1.807) is 6.20 Å². The summed E-state index contributed by atoms with van der Waals surface area (Å²) >= 11 is 5.78. The van der Waals surface area contributed by atoms with E-state index >= 15 is 0 Å². The van der Waals surface area contributed by atoms with Crippen LogP contribution in [0.5, 0.6) is 0 Å². The molecule has 0 aromatic carbocycles. The van der Waals surface area contributed by atoms with Crippen molar-refractivity contribution >= 4 is 17.3 Å². The Bertz CT molecular complexity index is 694. The highest BCUT2D eigenvalue weighted by Crippen LogP contribution is 2.19. The van der Waals surface area contributed by atoms with Crippen LogP contribution in [0.1, 0.15) is 11.3 Å². The number of nitrogens with zero attached hydrogens (tertiary/aromatic N) is 3. The Labute approximate surface area is 121 Å². The van der Waals surface area contributed by atoms with Crippen molar-refractivity contribution in [3.63, 3.8) is 0 Å². The second kappa shape index (κ2) is 5.76. The molecule has 0 aliphatic heterocycles. The van der Waals surface area contributed by atoms with E-state index in [4.69, 9.17) is 11.6 Å². The van der Waals surface area contributed by atoms with Crippen LogP contribution in [0.3, 0.4) is 0 Å². The van der Waals surface area contributed by atoms with Gasteiger partial charge in [0.1, 0.15) is 11.6 Å². The molecule has 0 aliphatic carbocycles. The molecule has 0 fully saturated rings. The summed E-state index contributed by atoms with van der Waals surface area (Å²) in [5.41, 5.74) is 0.839. The predicted octanol–water partition coefficient (Wildman–Crippen LogP) is 2.10. The molecule has 0 unspecified atom stereocenters. The highest BCUT2D eigenvalue weighted by atomic mass is 35.5. The SMILES string of the molecule is Cc1[nH]ncc1CNc1cnn(CC(F)(F)F)c(=O)c1Cl. The summed E-state index contributed by atoms with van der Waals surface area (Å²) in [7, 11) is 0. The fourth-order valence-corrected chi connectivity index (χ4v) is 1.83. The summed E-state index contributed by atoms with van der Waals surface area (Å²) in [4.78, 5) is 11.7. The lowest BCUT2D eigenvalue weighted by molar-refractivity contribution is -0.143. The second-order valence-corrected chi connectivity index (χ2v) is 4.70. The number of hydrogen-bond donors (Lipinski definition) is 2. The lowest BCUT2D eigenvalue weighted by atomic mass is 10.2. The van der Waals surface area contributed by atoms with Crippen LogP contribution < -0.4 is 10.9 Å². The zero-order chi connectivity index (χ0) is 15.6. The van der Waals surface area contributed by atoms with E-state index in [9.17, 15) is 18.0 Å². The average Bonchev–Trinajstić information content (AvgIpc) is 2.78. The molecule has 0 aliphatic rings. The van der Waals surface area contributed by atoms with Crippen molar-refractivity contribution in [2.75, 3.05) is 5.32 Å². The highest BCUT2D eigenvalue weighted by Gasteiger charge is 2.29. The van der Waals surface area contributed by atoms with E-state index < -0.39 is 18.3 Å². The number of nitrogens with one attached hydrogen (secondary N) is 2. The molecule has 114 valence electrons. The molecule has 2 aromatic rings. The van der Waals surface area contributed by atoms with Crippen LogP contribution in [0.25, 0.3) is 0 Å². The molecule has 21 heavy (non-hydrogen) atoms. The molecule has 2 heterocycles. The van der Waals surface area contributed by atoms with Crippen molar-refractivity contribution in [3.8, 4) is 0 Å². The molecule has 0 saturated heterocycles. The van der Waals surface area contributed by atoms with E-state index in [2.05, 4.69) is 20.6 Å². The van der Waals surface area contributed by atoms with E-state index in [-0.39, 0.29) is 15.4 Å². The third-order valence-electron chi connectivity index (χ3n) is 2.72. The molecule has 10 heteroatoms. The first-order valence-corrected chi connectivity index (χ1v) is 6.21. The topological polar surface area (TPSA) is 75.6 Å². The van der Waals surface area contributed by atoms with Gasteiger partial charge in [-0.1, -0.05) is 11.6 Å². The van der Waals surface area contributed by atoms with Gasteiger partial charge in [-0.05, 0) is 6.92 Å². The number of aromatic nitrogens is 4. The van der Waals surface area contributed by atoms with Gasteiger partial charge < -0.3 is 5.32 Å². The fourth-order valence-electron chi connectivity index (χ4n) is 1.62. The molecule has 0 bridgehead atoms. The Hall–Kier alpha value is -2.03. The van der Waals surface area contributed by atoms with Gasteiger partial charge in [-0.3, -0.25) is 9.89 Å². The maximum absolute atomic E-state index is 12.3. The zero-order valence-corrected chi connectivity index (χ0v) is 11.6. The van der Waals surface area contributed by atoms with Crippen molar-refractivity contribution in [3.05, 3.63) is 39.0 Å². The van der Waals surface area contributed by atoms with E-state index in [1.165, 1.54) is 0 Å². The third kappa shape index (κ3) is 3.75. The summed E-state index contributed by atoms with van der Waals surface area (Å²) in [6, 6.07) is 0. The van der Waals surface area contributed by atoms with Gasteiger partial charge in [0, 0.05) is 17.8 Å². The first-order chi connectivity index (χ1) is 9.78. The number of aryl methyl sites for hydroxylation is 1. The Morgan fingerprint density at radius 2 is 2.14 bits per heavy atom. The van der Waals surface area contributed by atoms with Gasteiger partial charge in [0.2, 0.25) is 0 Å². The number of alkyl halides is 3. The molecule has 2 N–H and O–H groups in total. The second-order valence-electron chi connectivity index (χ2n) is 4.32. The molecule has 0 saturated carbocycles. The van der Waals surface area contributed by atoms with Crippen LogP contribution in [-0.2, 0) is 13.1 Å². The maximum atomic E-state index is 12.3. The van der Waals surface area contributed by atoms with Gasteiger partial charge in [0.05, 0.1) is 18.1 Å². The summed E-state index contributed by atoms with van der Waals surface area (Å²) in [5.74, 6) is 0. The van der Waals surface area contributed by atoms with Gasteiger partial charge >= 0.3 is 6.18 Å². The Morgan fingerprint density at radius 1 is 1.43 bits per heavy atom. The molecule has 0 radical (unpaired) electrons. The number of hydrogen-bond acceptors (Lipinski definition) is 4. The predicted molar refractivity (Wildman–Crippen MR) is 70.2 cm³/mol. The van der Waals surface area contributed by atoms with Crippen LogP contribution in [0.15, 0.2) is 17.2 Å². The summed E-state index contributed by atoms with van der Waals surface area (Å²) in [6.07, 6.45) is -1.86. The highest BCUT2D eigenvalue weighted by molar-refractivity contribution is 6.32. The number of H-pyrrole nitrogens is 1. The van der Waals surface area contributed by atoms with Crippen molar-refractivity contribution in [1.29, 1.82) is 0 Å². The van der Waals surface area contributed by atoms with E-state index in [0.717, 1.165) is 17.5 Å². The smallest absolute Gasteiger partial charge is 0.378 e. The molecular weight excluding hydrogens is 311 g/mol. The summed E-state index contributed by atoms with van der Waals surface area (Å²) in [6.45, 7) is 0.643. The fraction of sp³-hybridized carbons (Fsp3) is 0.364. The van der Waals surface area contributed by atoms with E-state index in [0.29, 0.717) is 6.54 Å². The Morgan fingerprint density at radius 3 is 2.71 bits per heavy atom. The number of halogens is 4. The average molecular weight is 322 g/mol. The number of anilines is 1. The van der Waals surface area contributed by atoms with Crippen LogP contribution in [0.2, 0.25) is 5.02 Å². The molecule has 2 rings (SSSR count). The normalized spacial score (nSPS) is 11.7. The minimum atomic E-state index is -4.54. The number of rotatable bonds is 4.